The van der Waals surface area contributed by atoms with Crippen LogP contribution in [0.1, 0.15) is 83.6 Å². The summed E-state index contributed by atoms with van der Waals surface area (Å²) in [6.45, 7) is 4.84. The molecule has 1 fully saturated rings. The molecule has 0 unspecified atom stereocenters. The lowest BCUT2D eigenvalue weighted by Crippen LogP contribution is -2.25. The van der Waals surface area contributed by atoms with E-state index >= 15 is 0 Å². The van der Waals surface area contributed by atoms with Crippen molar-refractivity contribution in [3.63, 3.8) is 0 Å². The van der Waals surface area contributed by atoms with E-state index < -0.39 is 0 Å². The van der Waals surface area contributed by atoms with E-state index in [1.165, 1.54) is 31.8 Å². The van der Waals surface area contributed by atoms with Gasteiger partial charge < -0.3 is 9.47 Å². The second-order valence-corrected chi connectivity index (χ2v) is 8.06. The van der Waals surface area contributed by atoms with Crippen molar-refractivity contribution in [2.24, 2.45) is 11.8 Å². The van der Waals surface area contributed by atoms with Crippen molar-refractivity contribution in [3.05, 3.63) is 35.9 Å². The number of hydrogen-bond acceptors (Lipinski definition) is 4. The third kappa shape index (κ3) is 8.84. The zero-order chi connectivity index (χ0) is 20.9. The molecule has 1 aromatic rings. The van der Waals surface area contributed by atoms with E-state index in [0.717, 1.165) is 50.0 Å². The van der Waals surface area contributed by atoms with Gasteiger partial charge in [0.05, 0.1) is 12.5 Å². The number of unbranched alkanes of at least 4 members (excludes halogenated alkanes) is 3. The smallest absolute Gasteiger partial charge is 0.330 e. The molecular formula is C25H36O4. The molecule has 1 aliphatic carbocycles. The number of esters is 2. The van der Waals surface area contributed by atoms with Crippen LogP contribution in [0.5, 0.6) is 5.75 Å². The van der Waals surface area contributed by atoms with E-state index in [-0.39, 0.29) is 17.9 Å². The van der Waals surface area contributed by atoms with Gasteiger partial charge in [-0.05, 0) is 61.8 Å². The van der Waals surface area contributed by atoms with Crippen LogP contribution in [0.3, 0.4) is 0 Å². The maximum Gasteiger partial charge on any atom is 0.330 e. The predicted octanol–water partition coefficient (Wildman–Crippen LogP) is 6.34. The van der Waals surface area contributed by atoms with Crippen LogP contribution >= 0.6 is 0 Å². The number of rotatable bonds is 11. The van der Waals surface area contributed by atoms with Crippen molar-refractivity contribution in [1.29, 1.82) is 0 Å². The Morgan fingerprint density at radius 3 is 2.34 bits per heavy atom. The van der Waals surface area contributed by atoms with E-state index in [9.17, 15) is 9.59 Å². The summed E-state index contributed by atoms with van der Waals surface area (Å²) in [5.41, 5.74) is 0.868. The fraction of sp³-hybridized carbons (Fsp3) is 0.600. The Morgan fingerprint density at radius 1 is 0.966 bits per heavy atom. The lowest BCUT2D eigenvalue weighted by molar-refractivity contribution is -0.140. The van der Waals surface area contributed by atoms with Gasteiger partial charge in [0.15, 0.2) is 0 Å². The fourth-order valence-corrected chi connectivity index (χ4v) is 3.86. The first-order chi connectivity index (χ1) is 14.1. The van der Waals surface area contributed by atoms with Gasteiger partial charge in [0.25, 0.3) is 0 Å². The van der Waals surface area contributed by atoms with Crippen molar-refractivity contribution < 1.29 is 19.1 Å². The van der Waals surface area contributed by atoms with Crippen molar-refractivity contribution in [3.8, 4) is 5.75 Å². The Balaban J connectivity index is 1.72. The molecule has 0 amide bonds. The molecule has 0 spiro atoms. The van der Waals surface area contributed by atoms with Gasteiger partial charge in [0, 0.05) is 6.08 Å². The minimum Gasteiger partial charge on any atom is -0.463 e. The Kier molecular flexibility index (Phi) is 10.5. The molecule has 0 aliphatic heterocycles. The molecule has 4 heteroatoms. The first-order valence-corrected chi connectivity index (χ1v) is 11.3. The Labute approximate surface area is 175 Å². The molecule has 4 nitrogen and oxygen atoms in total. The molecule has 1 aromatic carbocycles. The van der Waals surface area contributed by atoms with Crippen molar-refractivity contribution >= 4 is 18.0 Å². The van der Waals surface area contributed by atoms with Crippen LogP contribution in [0.2, 0.25) is 0 Å². The summed E-state index contributed by atoms with van der Waals surface area (Å²) < 4.78 is 10.7. The number of carbonyl (C=O) groups is 2. The van der Waals surface area contributed by atoms with Gasteiger partial charge in [0.2, 0.25) is 0 Å². The molecule has 0 radical (unpaired) electrons. The molecule has 0 atom stereocenters. The standard InChI is InChI=1S/C25H36O4/c1-3-5-6-7-19-28-24(26)18-13-21-11-16-23(17-12-21)29-25(27)22-14-9-20(8-4-2)10-15-22/h11-13,16-18,20,22H,3-10,14-15,19H2,1-2H3. The largest absolute Gasteiger partial charge is 0.463 e. The van der Waals surface area contributed by atoms with Gasteiger partial charge in [-0.3, -0.25) is 4.79 Å². The van der Waals surface area contributed by atoms with E-state index in [1.54, 1.807) is 18.2 Å². The Morgan fingerprint density at radius 2 is 1.69 bits per heavy atom. The van der Waals surface area contributed by atoms with Crippen LogP contribution in [0.4, 0.5) is 0 Å². The third-order valence-corrected chi connectivity index (χ3v) is 5.63. The summed E-state index contributed by atoms with van der Waals surface area (Å²) in [7, 11) is 0. The molecule has 0 bridgehead atoms. The normalized spacial score (nSPS) is 19.2. The highest BCUT2D eigenvalue weighted by atomic mass is 16.5. The minimum atomic E-state index is -0.323. The average molecular weight is 401 g/mol. The van der Waals surface area contributed by atoms with E-state index in [4.69, 9.17) is 9.47 Å². The Hall–Kier alpha value is -2.10. The molecule has 160 valence electrons. The lowest BCUT2D eigenvalue weighted by Gasteiger charge is -2.26. The summed E-state index contributed by atoms with van der Waals surface area (Å²) in [6, 6.07) is 7.23. The second-order valence-electron chi connectivity index (χ2n) is 8.06. The number of ether oxygens (including phenoxy) is 2. The molecule has 2 rings (SSSR count). The van der Waals surface area contributed by atoms with Gasteiger partial charge in [-0.25, -0.2) is 4.79 Å². The third-order valence-electron chi connectivity index (χ3n) is 5.63. The predicted molar refractivity (Wildman–Crippen MR) is 117 cm³/mol. The maximum atomic E-state index is 12.4. The van der Waals surface area contributed by atoms with Gasteiger partial charge >= 0.3 is 11.9 Å². The lowest BCUT2D eigenvalue weighted by atomic mass is 9.80. The zero-order valence-corrected chi connectivity index (χ0v) is 18.0. The summed E-state index contributed by atoms with van der Waals surface area (Å²) in [5, 5.41) is 0. The van der Waals surface area contributed by atoms with Crippen LogP contribution in [0.15, 0.2) is 30.3 Å². The van der Waals surface area contributed by atoms with Crippen LogP contribution in [-0.4, -0.2) is 18.5 Å². The van der Waals surface area contributed by atoms with Crippen LogP contribution in [0, 0.1) is 11.8 Å². The molecular weight excluding hydrogens is 364 g/mol. The monoisotopic (exact) mass is 400 g/mol. The summed E-state index contributed by atoms with van der Waals surface area (Å²) in [5.74, 6) is 0.917. The molecule has 29 heavy (non-hydrogen) atoms. The SMILES string of the molecule is CCCCCCOC(=O)C=Cc1ccc(OC(=O)C2CCC(CCC)CC2)cc1. The first kappa shape index (κ1) is 23.2. The second kappa shape index (κ2) is 13.2. The maximum absolute atomic E-state index is 12.4. The molecule has 1 aliphatic rings. The van der Waals surface area contributed by atoms with Crippen molar-refractivity contribution in [1.82, 2.24) is 0 Å². The number of benzene rings is 1. The highest BCUT2D eigenvalue weighted by Gasteiger charge is 2.27. The van der Waals surface area contributed by atoms with Gasteiger partial charge in [-0.15, -0.1) is 0 Å². The van der Waals surface area contributed by atoms with Gasteiger partial charge in [-0.2, -0.15) is 0 Å². The quantitative estimate of drug-likeness (QED) is 0.188. The van der Waals surface area contributed by atoms with Crippen molar-refractivity contribution in [2.75, 3.05) is 6.61 Å². The fourth-order valence-electron chi connectivity index (χ4n) is 3.86. The van der Waals surface area contributed by atoms with Crippen LogP contribution in [-0.2, 0) is 14.3 Å². The molecule has 0 heterocycles. The highest BCUT2D eigenvalue weighted by Crippen LogP contribution is 2.32. The molecule has 0 saturated heterocycles. The summed E-state index contributed by atoms with van der Waals surface area (Å²) in [6.07, 6.45) is 14.1. The number of carbonyl (C=O) groups excluding carboxylic acids is 2. The zero-order valence-electron chi connectivity index (χ0n) is 18.0. The van der Waals surface area contributed by atoms with E-state index in [0.29, 0.717) is 12.4 Å². The molecule has 0 N–H and O–H groups in total. The topological polar surface area (TPSA) is 52.6 Å². The van der Waals surface area contributed by atoms with Crippen LogP contribution in [0.25, 0.3) is 6.08 Å². The number of hydrogen-bond donors (Lipinski definition) is 0. The van der Waals surface area contributed by atoms with Crippen molar-refractivity contribution in [2.45, 2.75) is 78.1 Å². The van der Waals surface area contributed by atoms with Gasteiger partial charge in [0.1, 0.15) is 5.75 Å². The average Bonchev–Trinajstić information content (AvgIpc) is 2.74. The minimum absolute atomic E-state index is 0.0229. The molecule has 0 aromatic heterocycles. The van der Waals surface area contributed by atoms with Gasteiger partial charge in [-0.1, -0.05) is 58.1 Å². The summed E-state index contributed by atoms with van der Waals surface area (Å²) in [4.78, 5) is 24.1. The first-order valence-electron chi connectivity index (χ1n) is 11.3. The highest BCUT2D eigenvalue weighted by molar-refractivity contribution is 5.87. The summed E-state index contributed by atoms with van der Waals surface area (Å²) >= 11 is 0. The van der Waals surface area contributed by atoms with E-state index in [1.807, 2.05) is 12.1 Å². The Bertz CT molecular complexity index is 639. The molecule has 1 saturated carbocycles. The van der Waals surface area contributed by atoms with E-state index in [2.05, 4.69) is 13.8 Å². The van der Waals surface area contributed by atoms with Crippen LogP contribution < -0.4 is 4.74 Å².